The molecule has 0 aliphatic carbocycles. The maximum absolute atomic E-state index is 13.7. The molecule has 5 rings (SSSR count). The number of carbonyl (C=O) groups is 1. The summed E-state index contributed by atoms with van der Waals surface area (Å²) in [7, 11) is 1.85. The van der Waals surface area contributed by atoms with Crippen molar-refractivity contribution in [3.63, 3.8) is 0 Å². The van der Waals surface area contributed by atoms with Crippen LogP contribution in [0.3, 0.4) is 0 Å². The standard InChI is InChI=1S/C24H24FN5OS/c1-14-9-18(28-24-26-13-15(2)32-24)12-19(27-14)21-5-4-8-30(21)23(31)22-11-16-10-17(25)6-7-20(16)29(22)3/h6-7,9-13,21H,4-5,8H2,1-3H3,(H,26,27,28). The lowest BCUT2D eigenvalue weighted by molar-refractivity contribution is 0.0723. The molecular weight excluding hydrogens is 425 g/mol. The molecule has 0 spiro atoms. The van der Waals surface area contributed by atoms with Gasteiger partial charge in [0.2, 0.25) is 0 Å². The van der Waals surface area contributed by atoms with Crippen LogP contribution in [0, 0.1) is 19.7 Å². The minimum Gasteiger partial charge on any atom is -0.340 e. The summed E-state index contributed by atoms with van der Waals surface area (Å²) in [6.45, 7) is 4.65. The van der Waals surface area contributed by atoms with Gasteiger partial charge in [-0.25, -0.2) is 9.37 Å². The number of halogens is 1. The fourth-order valence-electron chi connectivity index (χ4n) is 4.46. The van der Waals surface area contributed by atoms with E-state index in [1.807, 2.05) is 48.7 Å². The van der Waals surface area contributed by atoms with Crippen LogP contribution in [0.15, 0.2) is 42.6 Å². The first-order chi connectivity index (χ1) is 15.4. The van der Waals surface area contributed by atoms with Gasteiger partial charge in [0.15, 0.2) is 5.13 Å². The second-order valence-corrected chi connectivity index (χ2v) is 9.51. The monoisotopic (exact) mass is 449 g/mol. The number of nitrogens with one attached hydrogen (secondary N) is 1. The zero-order valence-electron chi connectivity index (χ0n) is 18.2. The van der Waals surface area contributed by atoms with Crippen molar-refractivity contribution in [3.8, 4) is 0 Å². The maximum Gasteiger partial charge on any atom is 0.271 e. The van der Waals surface area contributed by atoms with Gasteiger partial charge in [-0.2, -0.15) is 0 Å². The number of carbonyl (C=O) groups excluding carboxylic acids is 1. The van der Waals surface area contributed by atoms with Crippen molar-refractivity contribution in [2.45, 2.75) is 32.7 Å². The summed E-state index contributed by atoms with van der Waals surface area (Å²) in [4.78, 5) is 25.7. The second-order valence-electron chi connectivity index (χ2n) is 8.27. The second kappa shape index (κ2) is 8.02. The Morgan fingerprint density at radius 2 is 2.06 bits per heavy atom. The van der Waals surface area contributed by atoms with Crippen LogP contribution in [0.2, 0.25) is 0 Å². The van der Waals surface area contributed by atoms with Gasteiger partial charge in [0.1, 0.15) is 11.5 Å². The summed E-state index contributed by atoms with van der Waals surface area (Å²) >= 11 is 1.60. The van der Waals surface area contributed by atoms with E-state index >= 15 is 0 Å². The highest BCUT2D eigenvalue weighted by molar-refractivity contribution is 7.15. The molecule has 164 valence electrons. The summed E-state index contributed by atoms with van der Waals surface area (Å²) in [5, 5.41) is 4.92. The molecule has 1 unspecified atom stereocenters. The molecule has 0 bridgehead atoms. The average molecular weight is 450 g/mol. The number of likely N-dealkylation sites (tertiary alicyclic amines) is 1. The molecule has 0 saturated carbocycles. The number of aromatic nitrogens is 3. The van der Waals surface area contributed by atoms with Gasteiger partial charge >= 0.3 is 0 Å². The van der Waals surface area contributed by atoms with Crippen molar-refractivity contribution in [2.75, 3.05) is 11.9 Å². The van der Waals surface area contributed by atoms with Crippen molar-refractivity contribution >= 4 is 39.0 Å². The Morgan fingerprint density at radius 3 is 2.84 bits per heavy atom. The normalized spacial score (nSPS) is 16.1. The van der Waals surface area contributed by atoms with E-state index in [0.29, 0.717) is 12.2 Å². The lowest BCUT2D eigenvalue weighted by Crippen LogP contribution is -2.32. The highest BCUT2D eigenvalue weighted by Gasteiger charge is 2.33. The van der Waals surface area contributed by atoms with Crippen molar-refractivity contribution in [2.24, 2.45) is 7.05 Å². The largest absolute Gasteiger partial charge is 0.340 e. The Morgan fingerprint density at radius 1 is 1.22 bits per heavy atom. The lowest BCUT2D eigenvalue weighted by atomic mass is 10.1. The van der Waals surface area contributed by atoms with Crippen LogP contribution in [0.25, 0.3) is 10.9 Å². The zero-order valence-corrected chi connectivity index (χ0v) is 19.0. The molecule has 1 atom stereocenters. The molecular formula is C24H24FN5OS. The first-order valence-electron chi connectivity index (χ1n) is 10.6. The number of aryl methyl sites for hydroxylation is 3. The fourth-order valence-corrected chi connectivity index (χ4v) is 5.15. The lowest BCUT2D eigenvalue weighted by Gasteiger charge is -2.25. The summed E-state index contributed by atoms with van der Waals surface area (Å²) in [5.41, 5.74) is 4.07. The Balaban J connectivity index is 1.46. The molecule has 1 aliphatic heterocycles. The van der Waals surface area contributed by atoms with Crippen molar-refractivity contribution in [1.29, 1.82) is 0 Å². The molecule has 1 amide bonds. The minimum atomic E-state index is -0.305. The molecule has 32 heavy (non-hydrogen) atoms. The number of nitrogens with zero attached hydrogens (tertiary/aromatic N) is 4. The van der Waals surface area contributed by atoms with Crippen LogP contribution in [-0.2, 0) is 7.05 Å². The quantitative estimate of drug-likeness (QED) is 0.446. The van der Waals surface area contributed by atoms with Crippen molar-refractivity contribution in [1.82, 2.24) is 19.4 Å². The van der Waals surface area contributed by atoms with Crippen LogP contribution in [0.5, 0.6) is 0 Å². The third-order valence-corrected chi connectivity index (χ3v) is 6.75. The van der Waals surface area contributed by atoms with E-state index in [1.165, 1.54) is 12.1 Å². The summed E-state index contributed by atoms with van der Waals surface area (Å²) in [5.74, 6) is -0.361. The number of pyridine rings is 1. The number of rotatable bonds is 4. The molecule has 1 fully saturated rings. The van der Waals surface area contributed by atoms with Gasteiger partial charge in [-0.3, -0.25) is 9.78 Å². The molecule has 3 aromatic heterocycles. The summed E-state index contributed by atoms with van der Waals surface area (Å²) in [6, 6.07) is 10.3. The molecule has 1 aliphatic rings. The van der Waals surface area contributed by atoms with Crippen LogP contribution >= 0.6 is 11.3 Å². The summed E-state index contributed by atoms with van der Waals surface area (Å²) in [6.07, 6.45) is 3.62. The molecule has 4 aromatic rings. The fraction of sp³-hybridized carbons (Fsp3) is 0.292. The first-order valence-corrected chi connectivity index (χ1v) is 11.4. The van der Waals surface area contributed by atoms with Crippen LogP contribution < -0.4 is 5.32 Å². The van der Waals surface area contributed by atoms with E-state index in [9.17, 15) is 9.18 Å². The first kappa shape index (κ1) is 20.6. The Hall–Kier alpha value is -3.26. The maximum atomic E-state index is 13.7. The van der Waals surface area contributed by atoms with Gasteiger partial charge in [-0.15, -0.1) is 11.3 Å². The van der Waals surface area contributed by atoms with E-state index in [-0.39, 0.29) is 17.8 Å². The molecule has 0 radical (unpaired) electrons. The van der Waals surface area contributed by atoms with Crippen molar-refractivity contribution < 1.29 is 9.18 Å². The van der Waals surface area contributed by atoms with Gasteiger partial charge in [-0.1, -0.05) is 0 Å². The molecule has 1 N–H and O–H groups in total. The Kier molecular flexibility index (Phi) is 5.17. The van der Waals surface area contributed by atoms with E-state index in [4.69, 9.17) is 4.98 Å². The van der Waals surface area contributed by atoms with Gasteiger partial charge in [0, 0.05) is 47.0 Å². The van der Waals surface area contributed by atoms with Crippen molar-refractivity contribution in [3.05, 3.63) is 70.4 Å². The predicted molar refractivity (Wildman–Crippen MR) is 125 cm³/mol. The van der Waals surface area contributed by atoms with E-state index in [0.717, 1.165) is 50.8 Å². The molecule has 8 heteroatoms. The predicted octanol–water partition coefficient (Wildman–Crippen LogP) is 5.51. The minimum absolute atomic E-state index is 0.0556. The molecule has 1 aromatic carbocycles. The average Bonchev–Trinajstić information content (AvgIpc) is 3.46. The third-order valence-electron chi connectivity index (χ3n) is 5.92. The number of benzene rings is 1. The SMILES string of the molecule is Cc1cc(Nc2ncc(C)s2)cc(C2CCCN2C(=O)c2cc3cc(F)ccc3n2C)n1. The summed E-state index contributed by atoms with van der Waals surface area (Å²) < 4.78 is 15.5. The van der Waals surface area contributed by atoms with Crippen LogP contribution in [0.1, 0.15) is 45.6 Å². The van der Waals surface area contributed by atoms with E-state index in [1.54, 1.807) is 23.5 Å². The number of fused-ring (bicyclic) bond motifs is 1. The van der Waals surface area contributed by atoms with Gasteiger partial charge in [-0.05, 0) is 63.1 Å². The van der Waals surface area contributed by atoms with Gasteiger partial charge in [0.05, 0.1) is 11.7 Å². The van der Waals surface area contributed by atoms with Gasteiger partial charge < -0.3 is 14.8 Å². The Bertz CT molecular complexity index is 1330. The molecule has 1 saturated heterocycles. The number of amides is 1. The van der Waals surface area contributed by atoms with Crippen LogP contribution in [-0.4, -0.2) is 31.9 Å². The molecule has 6 nitrogen and oxygen atoms in total. The number of anilines is 2. The Labute approximate surface area is 189 Å². The van der Waals surface area contributed by atoms with Gasteiger partial charge in [0.25, 0.3) is 5.91 Å². The third kappa shape index (κ3) is 3.75. The highest BCUT2D eigenvalue weighted by atomic mass is 32.1. The van der Waals surface area contributed by atoms with Crippen LogP contribution in [0.4, 0.5) is 15.2 Å². The highest BCUT2D eigenvalue weighted by Crippen LogP contribution is 2.35. The molecule has 4 heterocycles. The number of hydrogen-bond donors (Lipinski definition) is 1. The number of hydrogen-bond acceptors (Lipinski definition) is 5. The topological polar surface area (TPSA) is 63.1 Å². The van der Waals surface area contributed by atoms with E-state index in [2.05, 4.69) is 10.3 Å². The number of thiazole rings is 1. The zero-order chi connectivity index (χ0) is 22.4. The smallest absolute Gasteiger partial charge is 0.271 e. The van der Waals surface area contributed by atoms with E-state index < -0.39 is 0 Å².